The molecule has 0 amide bonds. The molecule has 1 unspecified atom stereocenters. The van der Waals surface area contributed by atoms with Crippen LogP contribution in [-0.2, 0) is 4.74 Å². The van der Waals surface area contributed by atoms with Crippen LogP contribution < -0.4 is 10.2 Å². The van der Waals surface area contributed by atoms with Crippen LogP contribution in [0.5, 0.6) is 0 Å². The summed E-state index contributed by atoms with van der Waals surface area (Å²) in [6.07, 6.45) is 1.86. The molecule has 0 saturated carbocycles. The molecule has 1 fully saturated rings. The molecule has 1 atom stereocenters. The van der Waals surface area contributed by atoms with Gasteiger partial charge in [-0.3, -0.25) is 0 Å². The Bertz CT molecular complexity index is 400. The predicted molar refractivity (Wildman–Crippen MR) is 77.2 cm³/mol. The fraction of sp³-hybridized carbons (Fsp3) is 0.615. The molecule has 1 saturated heterocycles. The van der Waals surface area contributed by atoms with Crippen molar-refractivity contribution in [2.75, 3.05) is 37.7 Å². The normalized spacial score (nSPS) is 20.2. The second kappa shape index (κ2) is 6.50. The Hall–Kier alpha value is -0.650. The standard InChI is InChI=1S/C13H20BrN3O/c1-3-15-8-12-9-18-5-4-17(12)13-10(2)6-11(14)7-16-13/h6-7,12,15H,3-5,8-9H2,1-2H3. The zero-order valence-corrected chi connectivity index (χ0v) is 12.5. The summed E-state index contributed by atoms with van der Waals surface area (Å²) < 4.78 is 6.60. The molecule has 18 heavy (non-hydrogen) atoms. The molecule has 1 aromatic rings. The van der Waals surface area contributed by atoms with Crippen LogP contribution in [0, 0.1) is 6.92 Å². The molecular formula is C13H20BrN3O. The lowest BCUT2D eigenvalue weighted by Gasteiger charge is -2.37. The fourth-order valence-corrected chi connectivity index (χ4v) is 2.69. The van der Waals surface area contributed by atoms with Gasteiger partial charge in [-0.2, -0.15) is 0 Å². The smallest absolute Gasteiger partial charge is 0.131 e. The average molecular weight is 314 g/mol. The zero-order chi connectivity index (χ0) is 13.0. The Balaban J connectivity index is 2.16. The summed E-state index contributed by atoms with van der Waals surface area (Å²) in [6.45, 7) is 8.60. The maximum atomic E-state index is 5.58. The van der Waals surface area contributed by atoms with E-state index < -0.39 is 0 Å². The molecule has 1 aliphatic heterocycles. The molecule has 0 aromatic carbocycles. The average Bonchev–Trinajstić information content (AvgIpc) is 2.37. The van der Waals surface area contributed by atoms with Gasteiger partial charge in [-0.1, -0.05) is 6.92 Å². The van der Waals surface area contributed by atoms with Gasteiger partial charge < -0.3 is 15.0 Å². The number of likely N-dealkylation sites (N-methyl/N-ethyl adjacent to an activating group) is 1. The van der Waals surface area contributed by atoms with E-state index in [1.165, 1.54) is 5.56 Å². The van der Waals surface area contributed by atoms with Crippen molar-refractivity contribution < 1.29 is 4.74 Å². The van der Waals surface area contributed by atoms with Gasteiger partial charge in [-0.15, -0.1) is 0 Å². The molecule has 1 aromatic heterocycles. The first-order chi connectivity index (χ1) is 8.72. The molecule has 0 bridgehead atoms. The largest absolute Gasteiger partial charge is 0.377 e. The SMILES string of the molecule is CCNCC1COCCN1c1ncc(Br)cc1C. The first-order valence-corrected chi connectivity index (χ1v) is 7.19. The lowest BCUT2D eigenvalue weighted by molar-refractivity contribution is 0.0934. The topological polar surface area (TPSA) is 37.4 Å². The van der Waals surface area contributed by atoms with Crippen LogP contribution in [-0.4, -0.2) is 43.9 Å². The van der Waals surface area contributed by atoms with Gasteiger partial charge in [0.25, 0.3) is 0 Å². The first kappa shape index (κ1) is 13.8. The molecule has 100 valence electrons. The van der Waals surface area contributed by atoms with Crippen molar-refractivity contribution in [1.82, 2.24) is 10.3 Å². The number of hydrogen-bond donors (Lipinski definition) is 1. The highest BCUT2D eigenvalue weighted by Gasteiger charge is 2.24. The minimum atomic E-state index is 0.367. The molecule has 4 nitrogen and oxygen atoms in total. The highest BCUT2D eigenvalue weighted by atomic mass is 79.9. The number of aromatic nitrogens is 1. The Morgan fingerprint density at radius 3 is 3.17 bits per heavy atom. The lowest BCUT2D eigenvalue weighted by atomic mass is 10.2. The van der Waals surface area contributed by atoms with E-state index in [1.807, 2.05) is 6.20 Å². The second-order valence-electron chi connectivity index (χ2n) is 4.52. The number of aryl methyl sites for hydroxylation is 1. The van der Waals surface area contributed by atoms with Crippen LogP contribution >= 0.6 is 15.9 Å². The predicted octanol–water partition coefficient (Wildman–Crippen LogP) is 1.97. The van der Waals surface area contributed by atoms with E-state index in [0.29, 0.717) is 6.04 Å². The Labute approximate surface area is 117 Å². The molecule has 2 heterocycles. The molecule has 0 spiro atoms. The third-order valence-corrected chi connectivity index (χ3v) is 3.58. The zero-order valence-electron chi connectivity index (χ0n) is 10.9. The number of anilines is 1. The summed E-state index contributed by atoms with van der Waals surface area (Å²) in [6, 6.07) is 2.48. The maximum Gasteiger partial charge on any atom is 0.131 e. The van der Waals surface area contributed by atoms with Gasteiger partial charge in [0.05, 0.1) is 19.3 Å². The van der Waals surface area contributed by atoms with Crippen molar-refractivity contribution in [2.24, 2.45) is 0 Å². The highest BCUT2D eigenvalue weighted by molar-refractivity contribution is 9.10. The van der Waals surface area contributed by atoms with E-state index in [9.17, 15) is 0 Å². The summed E-state index contributed by atoms with van der Waals surface area (Å²) in [5.74, 6) is 1.07. The minimum absolute atomic E-state index is 0.367. The quantitative estimate of drug-likeness (QED) is 0.922. The summed E-state index contributed by atoms with van der Waals surface area (Å²) in [5.41, 5.74) is 1.20. The van der Waals surface area contributed by atoms with E-state index in [1.54, 1.807) is 0 Å². The number of ether oxygens (including phenoxy) is 1. The molecule has 1 N–H and O–H groups in total. The molecule has 0 aliphatic carbocycles. The Morgan fingerprint density at radius 2 is 2.44 bits per heavy atom. The molecule has 1 aliphatic rings. The van der Waals surface area contributed by atoms with E-state index in [2.05, 4.69) is 51.0 Å². The fourth-order valence-electron chi connectivity index (χ4n) is 2.25. The van der Waals surface area contributed by atoms with Crippen LogP contribution in [0.2, 0.25) is 0 Å². The van der Waals surface area contributed by atoms with E-state index >= 15 is 0 Å². The molecule has 0 radical (unpaired) electrons. The van der Waals surface area contributed by atoms with Crippen molar-refractivity contribution in [3.63, 3.8) is 0 Å². The van der Waals surface area contributed by atoms with Crippen LogP contribution in [0.1, 0.15) is 12.5 Å². The molecular weight excluding hydrogens is 294 g/mol. The van der Waals surface area contributed by atoms with E-state index in [-0.39, 0.29) is 0 Å². The van der Waals surface area contributed by atoms with Crippen molar-refractivity contribution in [3.8, 4) is 0 Å². The number of nitrogens with one attached hydrogen (secondary N) is 1. The number of rotatable bonds is 4. The van der Waals surface area contributed by atoms with Crippen LogP contribution in [0.25, 0.3) is 0 Å². The van der Waals surface area contributed by atoms with E-state index in [0.717, 1.165) is 43.1 Å². The number of nitrogens with zero attached hydrogens (tertiary/aromatic N) is 2. The van der Waals surface area contributed by atoms with Crippen molar-refractivity contribution >= 4 is 21.7 Å². The van der Waals surface area contributed by atoms with Gasteiger partial charge in [0.1, 0.15) is 5.82 Å². The lowest BCUT2D eigenvalue weighted by Crippen LogP contribution is -2.51. The summed E-state index contributed by atoms with van der Waals surface area (Å²) in [7, 11) is 0. The summed E-state index contributed by atoms with van der Waals surface area (Å²) >= 11 is 3.46. The van der Waals surface area contributed by atoms with Gasteiger partial charge >= 0.3 is 0 Å². The van der Waals surface area contributed by atoms with Gasteiger partial charge in [0, 0.05) is 23.8 Å². The number of halogens is 1. The van der Waals surface area contributed by atoms with E-state index in [4.69, 9.17) is 4.74 Å². The van der Waals surface area contributed by atoms with Crippen LogP contribution in [0.3, 0.4) is 0 Å². The second-order valence-corrected chi connectivity index (χ2v) is 5.44. The number of morpholine rings is 1. The van der Waals surface area contributed by atoms with Gasteiger partial charge in [0.2, 0.25) is 0 Å². The number of pyridine rings is 1. The monoisotopic (exact) mass is 313 g/mol. The maximum absolute atomic E-state index is 5.58. The molecule has 5 heteroatoms. The third kappa shape index (κ3) is 3.22. The third-order valence-electron chi connectivity index (χ3n) is 3.15. The first-order valence-electron chi connectivity index (χ1n) is 6.39. The van der Waals surface area contributed by atoms with Crippen molar-refractivity contribution in [3.05, 3.63) is 22.3 Å². The van der Waals surface area contributed by atoms with Crippen LogP contribution in [0.4, 0.5) is 5.82 Å². The van der Waals surface area contributed by atoms with Gasteiger partial charge in [-0.05, 0) is 41.0 Å². The van der Waals surface area contributed by atoms with Crippen molar-refractivity contribution in [1.29, 1.82) is 0 Å². The molecule has 2 rings (SSSR count). The minimum Gasteiger partial charge on any atom is -0.377 e. The highest BCUT2D eigenvalue weighted by Crippen LogP contribution is 2.23. The van der Waals surface area contributed by atoms with Crippen LogP contribution in [0.15, 0.2) is 16.7 Å². The Morgan fingerprint density at radius 1 is 1.61 bits per heavy atom. The Kier molecular flexibility index (Phi) is 4.97. The summed E-state index contributed by atoms with van der Waals surface area (Å²) in [5, 5.41) is 3.39. The number of hydrogen-bond acceptors (Lipinski definition) is 4. The van der Waals surface area contributed by atoms with Crippen molar-refractivity contribution in [2.45, 2.75) is 19.9 Å². The van der Waals surface area contributed by atoms with Gasteiger partial charge in [0.15, 0.2) is 0 Å². The van der Waals surface area contributed by atoms with Gasteiger partial charge in [-0.25, -0.2) is 4.98 Å². The summed E-state index contributed by atoms with van der Waals surface area (Å²) in [4.78, 5) is 6.91.